The van der Waals surface area contributed by atoms with Gasteiger partial charge in [-0.3, -0.25) is 4.57 Å². The Morgan fingerprint density at radius 2 is 1.86 bits per heavy atom. The molecule has 0 aliphatic carbocycles. The molecular formula is C17H15N3OS. The van der Waals surface area contributed by atoms with Gasteiger partial charge in [-0.25, -0.2) is 0 Å². The zero-order valence-corrected chi connectivity index (χ0v) is 13.0. The van der Waals surface area contributed by atoms with Crippen molar-refractivity contribution in [2.75, 3.05) is 12.9 Å². The molecule has 22 heavy (non-hydrogen) atoms. The number of methoxy groups -OCH3 is 1. The average Bonchev–Trinajstić information content (AvgIpc) is 2.90. The maximum absolute atomic E-state index is 5.49. The number of fused-ring (bicyclic) bond motifs is 3. The van der Waals surface area contributed by atoms with Crippen molar-refractivity contribution in [3.63, 3.8) is 0 Å². The van der Waals surface area contributed by atoms with Crippen molar-refractivity contribution in [1.82, 2.24) is 14.8 Å². The van der Waals surface area contributed by atoms with E-state index in [4.69, 9.17) is 4.74 Å². The first-order valence-corrected chi connectivity index (χ1v) is 8.17. The lowest BCUT2D eigenvalue weighted by Crippen LogP contribution is -2.03. The lowest BCUT2D eigenvalue weighted by molar-refractivity contribution is 0.416. The minimum atomic E-state index is 0.812. The molecule has 0 fully saturated rings. The third-order valence-corrected chi connectivity index (χ3v) is 4.83. The fourth-order valence-electron chi connectivity index (χ4n) is 2.75. The highest BCUT2D eigenvalue weighted by Gasteiger charge is 2.22. The smallest absolute Gasteiger partial charge is 0.172 e. The highest BCUT2D eigenvalue weighted by molar-refractivity contribution is 7.99. The lowest BCUT2D eigenvalue weighted by Gasteiger charge is -2.12. The molecule has 1 aliphatic heterocycles. The quantitative estimate of drug-likeness (QED) is 0.725. The van der Waals surface area contributed by atoms with Crippen molar-refractivity contribution < 1.29 is 4.74 Å². The maximum Gasteiger partial charge on any atom is 0.172 e. The highest BCUT2D eigenvalue weighted by atomic mass is 32.2. The Morgan fingerprint density at radius 3 is 2.77 bits per heavy atom. The van der Waals surface area contributed by atoms with Gasteiger partial charge in [-0.1, -0.05) is 24.3 Å². The number of aromatic nitrogens is 3. The van der Waals surface area contributed by atoms with Crippen LogP contribution in [0.5, 0.6) is 5.75 Å². The standard InChI is InChI=1S/C17H15N3OS/c1-21-14-8-4-2-6-12(14)17-19-18-16-10-11-22-15-9-5-3-7-13(15)20(16)17/h2-9H,10-11H2,1H3. The van der Waals surface area contributed by atoms with Gasteiger partial charge in [0.2, 0.25) is 0 Å². The van der Waals surface area contributed by atoms with Gasteiger partial charge < -0.3 is 4.74 Å². The minimum absolute atomic E-state index is 0.812. The number of para-hydroxylation sites is 2. The lowest BCUT2D eigenvalue weighted by atomic mass is 10.1. The van der Waals surface area contributed by atoms with Gasteiger partial charge in [0, 0.05) is 17.1 Å². The molecule has 0 radical (unpaired) electrons. The molecule has 0 saturated carbocycles. The molecule has 1 aromatic heterocycles. The Bertz CT molecular complexity index is 828. The number of benzene rings is 2. The molecule has 0 atom stereocenters. The van der Waals surface area contributed by atoms with E-state index in [1.807, 2.05) is 36.0 Å². The van der Waals surface area contributed by atoms with Crippen LogP contribution < -0.4 is 4.74 Å². The monoisotopic (exact) mass is 309 g/mol. The van der Waals surface area contributed by atoms with Crippen LogP contribution in [0.15, 0.2) is 53.4 Å². The van der Waals surface area contributed by atoms with Gasteiger partial charge in [-0.2, -0.15) is 0 Å². The van der Waals surface area contributed by atoms with Crippen LogP contribution in [0.1, 0.15) is 5.82 Å². The summed E-state index contributed by atoms with van der Waals surface area (Å²) in [5.41, 5.74) is 2.11. The third-order valence-electron chi connectivity index (χ3n) is 3.77. The summed E-state index contributed by atoms with van der Waals surface area (Å²) in [6.45, 7) is 0. The molecule has 0 amide bonds. The number of nitrogens with zero attached hydrogens (tertiary/aromatic N) is 3. The van der Waals surface area contributed by atoms with Crippen molar-refractivity contribution >= 4 is 11.8 Å². The molecule has 0 saturated heterocycles. The van der Waals surface area contributed by atoms with Gasteiger partial charge in [0.05, 0.1) is 18.4 Å². The van der Waals surface area contributed by atoms with Gasteiger partial charge in [-0.05, 0) is 24.3 Å². The maximum atomic E-state index is 5.49. The van der Waals surface area contributed by atoms with E-state index in [-0.39, 0.29) is 0 Å². The molecule has 0 bridgehead atoms. The Hall–Kier alpha value is -2.27. The number of ether oxygens (including phenoxy) is 1. The highest BCUT2D eigenvalue weighted by Crippen LogP contribution is 2.36. The van der Waals surface area contributed by atoms with E-state index in [9.17, 15) is 0 Å². The number of hydrogen-bond donors (Lipinski definition) is 0. The van der Waals surface area contributed by atoms with Crippen LogP contribution in [0.3, 0.4) is 0 Å². The Labute approximate surface area is 133 Å². The molecule has 5 heteroatoms. The molecule has 0 unspecified atom stereocenters. The second-order valence-corrected chi connectivity index (χ2v) is 6.18. The molecule has 2 heterocycles. The van der Waals surface area contributed by atoms with E-state index >= 15 is 0 Å². The predicted octanol–water partition coefficient (Wildman–Crippen LogP) is 3.59. The van der Waals surface area contributed by atoms with Gasteiger partial charge in [-0.15, -0.1) is 22.0 Å². The van der Waals surface area contributed by atoms with Gasteiger partial charge >= 0.3 is 0 Å². The summed E-state index contributed by atoms with van der Waals surface area (Å²) in [5, 5.41) is 8.85. The molecule has 0 N–H and O–H groups in total. The van der Waals surface area contributed by atoms with Crippen LogP contribution in [-0.4, -0.2) is 27.6 Å². The first kappa shape index (κ1) is 13.4. The molecule has 4 rings (SSSR count). The van der Waals surface area contributed by atoms with Crippen LogP contribution in [0, 0.1) is 0 Å². The molecule has 110 valence electrons. The second-order valence-electron chi connectivity index (χ2n) is 5.04. The summed E-state index contributed by atoms with van der Waals surface area (Å²) in [6.07, 6.45) is 0.904. The molecular weight excluding hydrogens is 294 g/mol. The molecule has 4 nitrogen and oxygen atoms in total. The van der Waals surface area contributed by atoms with Crippen molar-refractivity contribution in [1.29, 1.82) is 0 Å². The number of thioether (sulfide) groups is 1. The summed E-state index contributed by atoms with van der Waals surface area (Å²) in [6, 6.07) is 16.3. The Morgan fingerprint density at radius 1 is 1.05 bits per heavy atom. The molecule has 0 spiro atoms. The van der Waals surface area contributed by atoms with E-state index in [1.54, 1.807) is 7.11 Å². The number of aryl methyl sites for hydroxylation is 1. The zero-order chi connectivity index (χ0) is 14.9. The molecule has 2 aromatic carbocycles. The summed E-state index contributed by atoms with van der Waals surface area (Å²) in [4.78, 5) is 1.26. The first-order chi connectivity index (χ1) is 10.9. The third kappa shape index (κ3) is 2.09. The van der Waals surface area contributed by atoms with E-state index < -0.39 is 0 Å². The average molecular weight is 309 g/mol. The van der Waals surface area contributed by atoms with Gasteiger partial charge in [0.15, 0.2) is 5.82 Å². The summed E-state index contributed by atoms with van der Waals surface area (Å²) < 4.78 is 7.65. The van der Waals surface area contributed by atoms with Crippen molar-refractivity contribution in [3.8, 4) is 22.8 Å². The Balaban J connectivity index is 1.98. The van der Waals surface area contributed by atoms with Crippen molar-refractivity contribution in [2.45, 2.75) is 11.3 Å². The van der Waals surface area contributed by atoms with E-state index in [0.717, 1.165) is 40.8 Å². The van der Waals surface area contributed by atoms with Gasteiger partial charge in [0.25, 0.3) is 0 Å². The molecule has 1 aliphatic rings. The topological polar surface area (TPSA) is 39.9 Å². The van der Waals surface area contributed by atoms with E-state index in [1.165, 1.54) is 4.90 Å². The van der Waals surface area contributed by atoms with Crippen LogP contribution in [-0.2, 0) is 6.42 Å². The Kier molecular flexibility index (Phi) is 3.35. The summed E-state index contributed by atoms with van der Waals surface area (Å²) in [7, 11) is 1.68. The summed E-state index contributed by atoms with van der Waals surface area (Å²) >= 11 is 1.86. The molecule has 3 aromatic rings. The number of rotatable bonds is 2. The van der Waals surface area contributed by atoms with E-state index in [0.29, 0.717) is 0 Å². The van der Waals surface area contributed by atoms with Crippen LogP contribution in [0.4, 0.5) is 0 Å². The largest absolute Gasteiger partial charge is 0.496 e. The van der Waals surface area contributed by atoms with Gasteiger partial charge in [0.1, 0.15) is 11.6 Å². The minimum Gasteiger partial charge on any atom is -0.496 e. The van der Waals surface area contributed by atoms with Crippen molar-refractivity contribution in [2.24, 2.45) is 0 Å². The van der Waals surface area contributed by atoms with Crippen LogP contribution in [0.2, 0.25) is 0 Å². The first-order valence-electron chi connectivity index (χ1n) is 7.18. The fraction of sp³-hybridized carbons (Fsp3) is 0.176. The van der Waals surface area contributed by atoms with E-state index in [2.05, 4.69) is 39.0 Å². The normalized spacial score (nSPS) is 13.1. The number of hydrogen-bond acceptors (Lipinski definition) is 4. The van der Waals surface area contributed by atoms with Crippen molar-refractivity contribution in [3.05, 3.63) is 54.4 Å². The summed E-state index contributed by atoms with van der Waals surface area (Å²) in [5.74, 6) is 3.66. The predicted molar refractivity (Wildman–Crippen MR) is 87.8 cm³/mol. The van der Waals surface area contributed by atoms with Crippen LogP contribution >= 0.6 is 11.8 Å². The zero-order valence-electron chi connectivity index (χ0n) is 12.2. The second kappa shape index (κ2) is 5.50. The fourth-order valence-corrected chi connectivity index (χ4v) is 3.74. The van der Waals surface area contributed by atoms with Crippen LogP contribution in [0.25, 0.3) is 17.1 Å². The SMILES string of the molecule is COc1ccccc1-c1nnc2n1-c1ccccc1SCC2.